The summed E-state index contributed by atoms with van der Waals surface area (Å²) in [6.45, 7) is 4.74. The van der Waals surface area contributed by atoms with Crippen molar-refractivity contribution >= 4 is 17.7 Å². The maximum Gasteiger partial charge on any atom is 0.380 e. The molecular weight excluding hydrogens is 370 g/mol. The average molecular weight is 397 g/mol. The third kappa shape index (κ3) is 4.55. The fraction of sp³-hybridized carbons (Fsp3) is 0.455. The van der Waals surface area contributed by atoms with Crippen molar-refractivity contribution in [1.29, 1.82) is 0 Å². The number of fused-ring (bicyclic) bond motifs is 1. The van der Waals surface area contributed by atoms with E-state index in [9.17, 15) is 14.4 Å². The molecule has 0 saturated heterocycles. The summed E-state index contributed by atoms with van der Waals surface area (Å²) in [5.41, 5.74) is 5.00. The predicted octanol–water partition coefficient (Wildman–Crippen LogP) is 2.52. The van der Waals surface area contributed by atoms with Gasteiger partial charge in [0.15, 0.2) is 6.61 Å². The molecule has 3 rings (SSSR count). The van der Waals surface area contributed by atoms with E-state index in [4.69, 9.17) is 4.74 Å². The van der Waals surface area contributed by atoms with Gasteiger partial charge >= 0.3 is 5.97 Å². The number of carbonyl (C=O) groups is 3. The molecule has 1 aromatic carbocycles. The molecule has 0 fully saturated rings. The molecule has 1 atom stereocenters. The first-order chi connectivity index (χ1) is 13.8. The van der Waals surface area contributed by atoms with E-state index < -0.39 is 24.3 Å². The largest absolute Gasteiger partial charge is 0.450 e. The highest BCUT2D eigenvalue weighted by atomic mass is 16.5. The Morgan fingerprint density at radius 1 is 1.17 bits per heavy atom. The van der Waals surface area contributed by atoms with Crippen LogP contribution in [0.4, 0.5) is 0 Å². The molecule has 0 radical (unpaired) electrons. The molecule has 154 valence electrons. The summed E-state index contributed by atoms with van der Waals surface area (Å²) in [7, 11) is 1.69. The minimum Gasteiger partial charge on any atom is -0.450 e. The van der Waals surface area contributed by atoms with E-state index in [1.165, 1.54) is 28.7 Å². The molecule has 0 spiro atoms. The number of rotatable bonds is 6. The van der Waals surface area contributed by atoms with Crippen LogP contribution in [0.5, 0.6) is 0 Å². The van der Waals surface area contributed by atoms with Gasteiger partial charge in [0.05, 0.1) is 17.3 Å². The van der Waals surface area contributed by atoms with Gasteiger partial charge in [-0.15, -0.1) is 0 Å². The van der Waals surface area contributed by atoms with Crippen molar-refractivity contribution in [3.8, 4) is 0 Å². The maximum absolute atomic E-state index is 12.3. The Morgan fingerprint density at radius 3 is 2.52 bits per heavy atom. The topological polar surface area (TPSA) is 90.3 Å². The lowest BCUT2D eigenvalue weighted by molar-refractivity contribution is -0.144. The van der Waals surface area contributed by atoms with Gasteiger partial charge in [-0.2, -0.15) is 5.10 Å². The summed E-state index contributed by atoms with van der Waals surface area (Å²) < 4.78 is 6.46. The second-order valence-corrected chi connectivity index (χ2v) is 7.60. The summed E-state index contributed by atoms with van der Waals surface area (Å²) in [5, 5.41) is 6.94. The molecule has 1 N–H and O–H groups in total. The normalized spacial score (nSPS) is 14.1. The van der Waals surface area contributed by atoms with Crippen LogP contribution in [0.15, 0.2) is 18.2 Å². The number of ether oxygens (including phenoxy) is 1. The number of aromatic nitrogens is 2. The van der Waals surface area contributed by atoms with Crippen LogP contribution in [0.2, 0.25) is 0 Å². The van der Waals surface area contributed by atoms with Crippen LogP contribution < -0.4 is 5.32 Å². The molecule has 0 aliphatic heterocycles. The van der Waals surface area contributed by atoms with Crippen molar-refractivity contribution in [3.63, 3.8) is 0 Å². The zero-order valence-corrected chi connectivity index (χ0v) is 17.4. The number of ketones is 1. The molecule has 1 amide bonds. The van der Waals surface area contributed by atoms with Gasteiger partial charge in [0.1, 0.15) is 0 Å². The Balaban J connectivity index is 1.55. The van der Waals surface area contributed by atoms with Gasteiger partial charge in [-0.25, -0.2) is 4.79 Å². The van der Waals surface area contributed by atoms with Gasteiger partial charge in [0.2, 0.25) is 0 Å². The Bertz CT molecular complexity index is 961. The summed E-state index contributed by atoms with van der Waals surface area (Å²) in [4.78, 5) is 36.6. The van der Waals surface area contributed by atoms with Crippen LogP contribution in [0, 0.1) is 13.8 Å². The predicted molar refractivity (Wildman–Crippen MR) is 108 cm³/mol. The summed E-state index contributed by atoms with van der Waals surface area (Å²) >= 11 is 0. The molecule has 1 aromatic heterocycles. The van der Waals surface area contributed by atoms with Crippen molar-refractivity contribution in [3.05, 3.63) is 51.8 Å². The van der Waals surface area contributed by atoms with E-state index in [0.29, 0.717) is 11.4 Å². The molecule has 0 bridgehead atoms. The molecule has 0 saturated carbocycles. The first-order valence-corrected chi connectivity index (χ1v) is 9.90. The second kappa shape index (κ2) is 8.59. The average Bonchev–Trinajstić information content (AvgIpc) is 2.96. The number of Topliss-reactive ketones (excluding diaryl/α,β-unsaturated/α-hetero) is 1. The quantitative estimate of drug-likeness (QED) is 0.460. The van der Waals surface area contributed by atoms with Crippen LogP contribution >= 0.6 is 0 Å². The number of amides is 1. The van der Waals surface area contributed by atoms with E-state index in [0.717, 1.165) is 18.4 Å². The Labute approximate surface area is 170 Å². The van der Waals surface area contributed by atoms with E-state index in [-0.39, 0.29) is 11.6 Å². The number of hydrogen-bond acceptors (Lipinski definition) is 5. The Kier molecular flexibility index (Phi) is 6.15. The van der Waals surface area contributed by atoms with Gasteiger partial charge in [-0.3, -0.25) is 14.3 Å². The fourth-order valence-electron chi connectivity index (χ4n) is 3.79. The molecule has 29 heavy (non-hydrogen) atoms. The number of esters is 1. The minimum atomic E-state index is -1.05. The lowest BCUT2D eigenvalue weighted by Gasteiger charge is -2.20. The van der Waals surface area contributed by atoms with Crippen LogP contribution in [-0.2, 0) is 34.2 Å². The standard InChI is InChI=1S/C22H27N3O4/c1-13(17-10-9-16-7-5-6-8-18(16)11-17)23-19(26)12-29-22(28)21(27)20-14(2)24-25(4)15(20)3/h9-11,13H,5-8,12H2,1-4H3,(H,23,26). The van der Waals surface area contributed by atoms with Gasteiger partial charge in [-0.05, 0) is 63.1 Å². The number of hydrogen-bond donors (Lipinski definition) is 1. The van der Waals surface area contributed by atoms with Crippen molar-refractivity contribution < 1.29 is 19.1 Å². The van der Waals surface area contributed by atoms with Gasteiger partial charge in [-0.1, -0.05) is 18.2 Å². The monoisotopic (exact) mass is 397 g/mol. The highest BCUT2D eigenvalue weighted by Gasteiger charge is 2.26. The van der Waals surface area contributed by atoms with Crippen LogP contribution in [0.25, 0.3) is 0 Å². The van der Waals surface area contributed by atoms with Crippen molar-refractivity contribution in [2.24, 2.45) is 7.05 Å². The molecule has 1 heterocycles. The molecule has 1 aliphatic rings. The van der Waals surface area contributed by atoms with Crippen molar-refractivity contribution in [2.45, 2.75) is 52.5 Å². The Hall–Kier alpha value is -2.96. The number of aryl methyl sites for hydroxylation is 4. The molecular formula is C22H27N3O4. The van der Waals surface area contributed by atoms with Crippen LogP contribution in [0.3, 0.4) is 0 Å². The van der Waals surface area contributed by atoms with E-state index in [1.807, 2.05) is 13.0 Å². The first-order valence-electron chi connectivity index (χ1n) is 9.90. The number of nitrogens with zero attached hydrogens (tertiary/aromatic N) is 2. The van der Waals surface area contributed by atoms with Gasteiger partial charge < -0.3 is 10.1 Å². The molecule has 1 aliphatic carbocycles. The Morgan fingerprint density at radius 2 is 1.86 bits per heavy atom. The third-order valence-corrected chi connectivity index (χ3v) is 5.51. The lowest BCUT2D eigenvalue weighted by atomic mass is 9.89. The van der Waals surface area contributed by atoms with Gasteiger partial charge in [0.25, 0.3) is 11.7 Å². The highest BCUT2D eigenvalue weighted by Crippen LogP contribution is 2.24. The first kappa shape index (κ1) is 20.8. The van der Waals surface area contributed by atoms with Crippen molar-refractivity contribution in [1.82, 2.24) is 15.1 Å². The van der Waals surface area contributed by atoms with Gasteiger partial charge in [0, 0.05) is 12.7 Å². The van der Waals surface area contributed by atoms with E-state index >= 15 is 0 Å². The second-order valence-electron chi connectivity index (χ2n) is 7.60. The summed E-state index contributed by atoms with van der Waals surface area (Å²) in [6.07, 6.45) is 4.59. The SMILES string of the molecule is Cc1nn(C)c(C)c1C(=O)C(=O)OCC(=O)NC(C)c1ccc2c(c1)CCCC2. The van der Waals surface area contributed by atoms with Crippen molar-refractivity contribution in [2.75, 3.05) is 6.61 Å². The summed E-state index contributed by atoms with van der Waals surface area (Å²) in [6, 6.07) is 6.08. The molecule has 7 heteroatoms. The number of carbonyl (C=O) groups excluding carboxylic acids is 3. The minimum absolute atomic E-state index is 0.216. The summed E-state index contributed by atoms with van der Waals surface area (Å²) in [5.74, 6) is -2.29. The zero-order valence-electron chi connectivity index (χ0n) is 17.4. The van der Waals surface area contributed by atoms with Crippen LogP contribution in [0.1, 0.15) is 64.2 Å². The lowest BCUT2D eigenvalue weighted by Crippen LogP contribution is -2.32. The molecule has 1 unspecified atom stereocenters. The molecule has 7 nitrogen and oxygen atoms in total. The van der Waals surface area contributed by atoms with E-state index in [2.05, 4.69) is 22.5 Å². The number of nitrogens with one attached hydrogen (secondary N) is 1. The number of benzene rings is 1. The fourth-order valence-corrected chi connectivity index (χ4v) is 3.79. The highest BCUT2D eigenvalue weighted by molar-refractivity contribution is 6.41. The van der Waals surface area contributed by atoms with Crippen LogP contribution in [-0.4, -0.2) is 34.0 Å². The zero-order chi connectivity index (χ0) is 21.1. The van der Waals surface area contributed by atoms with E-state index in [1.54, 1.807) is 20.9 Å². The maximum atomic E-state index is 12.3. The smallest absolute Gasteiger partial charge is 0.380 e. The third-order valence-electron chi connectivity index (χ3n) is 5.51. The molecule has 2 aromatic rings.